The lowest BCUT2D eigenvalue weighted by atomic mass is 10.2. The van der Waals surface area contributed by atoms with Gasteiger partial charge in [-0.15, -0.1) is 0 Å². The van der Waals surface area contributed by atoms with Gasteiger partial charge in [0.2, 0.25) is 5.91 Å². The molecule has 6 nitrogen and oxygen atoms in total. The number of nitrogens with one attached hydrogen (secondary N) is 2. The molecule has 0 radical (unpaired) electrons. The molecule has 0 aliphatic rings. The maximum Gasteiger partial charge on any atom is 0.308 e. The average Bonchev–Trinajstić information content (AvgIpc) is 2.49. The molecule has 2 rings (SSSR count). The summed E-state index contributed by atoms with van der Waals surface area (Å²) in [6, 6.07) is 13.0. The highest BCUT2D eigenvalue weighted by molar-refractivity contribution is 6.04. The van der Waals surface area contributed by atoms with Crippen LogP contribution >= 0.6 is 0 Å². The van der Waals surface area contributed by atoms with Crippen molar-refractivity contribution in [2.45, 2.75) is 13.8 Å². The molecular weight excluding hydrogens is 296 g/mol. The highest BCUT2D eigenvalue weighted by atomic mass is 16.5. The predicted molar refractivity (Wildman–Crippen MR) is 86.4 cm³/mol. The Morgan fingerprint density at radius 2 is 1.30 bits per heavy atom. The van der Waals surface area contributed by atoms with Gasteiger partial charge in [-0.1, -0.05) is 0 Å². The summed E-state index contributed by atoms with van der Waals surface area (Å²) in [7, 11) is 0. The van der Waals surface area contributed by atoms with Crippen molar-refractivity contribution in [3.05, 3.63) is 54.1 Å². The van der Waals surface area contributed by atoms with Crippen LogP contribution in [-0.2, 0) is 9.59 Å². The molecule has 0 saturated carbocycles. The summed E-state index contributed by atoms with van der Waals surface area (Å²) in [5.74, 6) is -0.475. The fourth-order valence-electron chi connectivity index (χ4n) is 1.88. The van der Waals surface area contributed by atoms with E-state index in [-0.39, 0.29) is 11.8 Å². The molecule has 23 heavy (non-hydrogen) atoms. The highest BCUT2D eigenvalue weighted by Crippen LogP contribution is 2.16. The first kappa shape index (κ1) is 16.2. The van der Waals surface area contributed by atoms with Crippen molar-refractivity contribution < 1.29 is 19.1 Å². The van der Waals surface area contributed by atoms with Gasteiger partial charge in [-0.2, -0.15) is 0 Å². The zero-order valence-electron chi connectivity index (χ0n) is 12.8. The number of amides is 2. The number of benzene rings is 2. The molecule has 0 aliphatic carbocycles. The molecule has 0 unspecified atom stereocenters. The van der Waals surface area contributed by atoms with E-state index >= 15 is 0 Å². The SMILES string of the molecule is CC(=O)Nc1ccc(NC(=O)c2ccc(OC(C)=O)cc2)cc1. The molecule has 0 bridgehead atoms. The number of esters is 1. The summed E-state index contributed by atoms with van der Waals surface area (Å²) < 4.78 is 4.91. The van der Waals surface area contributed by atoms with Crippen LogP contribution in [0.4, 0.5) is 11.4 Å². The van der Waals surface area contributed by atoms with Crippen LogP contribution in [0.25, 0.3) is 0 Å². The van der Waals surface area contributed by atoms with Crippen LogP contribution in [0.1, 0.15) is 24.2 Å². The van der Waals surface area contributed by atoms with Crippen LogP contribution in [0.5, 0.6) is 5.75 Å². The van der Waals surface area contributed by atoms with E-state index in [1.165, 1.54) is 13.8 Å². The first-order chi connectivity index (χ1) is 10.9. The normalized spacial score (nSPS) is 9.83. The number of anilines is 2. The predicted octanol–water partition coefficient (Wildman–Crippen LogP) is 2.82. The first-order valence-electron chi connectivity index (χ1n) is 6.91. The molecule has 0 heterocycles. The highest BCUT2D eigenvalue weighted by Gasteiger charge is 2.07. The van der Waals surface area contributed by atoms with Crippen LogP contribution in [0.3, 0.4) is 0 Å². The van der Waals surface area contributed by atoms with E-state index < -0.39 is 5.97 Å². The average molecular weight is 312 g/mol. The number of carbonyl (C=O) groups is 3. The third kappa shape index (κ3) is 4.96. The van der Waals surface area contributed by atoms with Gasteiger partial charge in [0.1, 0.15) is 5.75 Å². The molecule has 0 atom stereocenters. The molecule has 2 N–H and O–H groups in total. The maximum atomic E-state index is 12.1. The van der Waals surface area contributed by atoms with Crippen molar-refractivity contribution in [2.75, 3.05) is 10.6 Å². The fourth-order valence-corrected chi connectivity index (χ4v) is 1.88. The minimum atomic E-state index is -0.415. The van der Waals surface area contributed by atoms with Crippen LogP contribution in [0, 0.1) is 0 Å². The summed E-state index contributed by atoms with van der Waals surface area (Å²) in [6.07, 6.45) is 0. The van der Waals surface area contributed by atoms with Gasteiger partial charge >= 0.3 is 5.97 Å². The lowest BCUT2D eigenvalue weighted by Crippen LogP contribution is -2.12. The Hall–Kier alpha value is -3.15. The Morgan fingerprint density at radius 3 is 1.78 bits per heavy atom. The second-order valence-corrected chi connectivity index (χ2v) is 4.83. The topological polar surface area (TPSA) is 84.5 Å². The lowest BCUT2D eigenvalue weighted by Gasteiger charge is -2.07. The van der Waals surface area contributed by atoms with E-state index in [9.17, 15) is 14.4 Å². The number of carbonyl (C=O) groups excluding carboxylic acids is 3. The van der Waals surface area contributed by atoms with Gasteiger partial charge in [-0.3, -0.25) is 14.4 Å². The van der Waals surface area contributed by atoms with E-state index in [0.717, 1.165) is 0 Å². The minimum absolute atomic E-state index is 0.158. The van der Waals surface area contributed by atoms with Crippen LogP contribution in [0.2, 0.25) is 0 Å². The molecule has 118 valence electrons. The largest absolute Gasteiger partial charge is 0.427 e. The number of rotatable bonds is 4. The Bertz CT molecular complexity index is 721. The van der Waals surface area contributed by atoms with E-state index in [0.29, 0.717) is 22.7 Å². The van der Waals surface area contributed by atoms with Crippen molar-refractivity contribution in [1.82, 2.24) is 0 Å². The Morgan fingerprint density at radius 1 is 0.783 bits per heavy atom. The molecule has 0 aliphatic heterocycles. The Balaban J connectivity index is 2.01. The fraction of sp³-hybridized carbons (Fsp3) is 0.118. The van der Waals surface area contributed by atoms with Crippen molar-refractivity contribution >= 4 is 29.2 Å². The van der Waals surface area contributed by atoms with Crippen molar-refractivity contribution in [2.24, 2.45) is 0 Å². The number of hydrogen-bond donors (Lipinski definition) is 2. The second kappa shape index (κ2) is 7.22. The van der Waals surface area contributed by atoms with Crippen molar-refractivity contribution in [3.8, 4) is 5.75 Å². The smallest absolute Gasteiger partial charge is 0.308 e. The second-order valence-electron chi connectivity index (χ2n) is 4.83. The summed E-state index contributed by atoms with van der Waals surface area (Å²) in [5.41, 5.74) is 1.70. The third-order valence-corrected chi connectivity index (χ3v) is 2.84. The van der Waals surface area contributed by atoms with Crippen LogP contribution < -0.4 is 15.4 Å². The van der Waals surface area contributed by atoms with E-state index in [1.54, 1.807) is 48.5 Å². The third-order valence-electron chi connectivity index (χ3n) is 2.84. The van der Waals surface area contributed by atoms with Crippen LogP contribution in [0.15, 0.2) is 48.5 Å². The van der Waals surface area contributed by atoms with Gasteiger partial charge in [-0.25, -0.2) is 0 Å². The molecule has 2 aromatic rings. The van der Waals surface area contributed by atoms with Gasteiger partial charge in [-0.05, 0) is 48.5 Å². The van der Waals surface area contributed by atoms with Crippen molar-refractivity contribution in [3.63, 3.8) is 0 Å². The van der Waals surface area contributed by atoms with Gasteiger partial charge in [0.15, 0.2) is 0 Å². The van der Waals surface area contributed by atoms with Crippen molar-refractivity contribution in [1.29, 1.82) is 0 Å². The van der Waals surface area contributed by atoms with Gasteiger partial charge in [0, 0.05) is 30.8 Å². The first-order valence-corrected chi connectivity index (χ1v) is 6.91. The Labute approximate surface area is 133 Å². The molecule has 2 aromatic carbocycles. The molecule has 0 fully saturated rings. The Kier molecular flexibility index (Phi) is 5.09. The summed E-state index contributed by atoms with van der Waals surface area (Å²) >= 11 is 0. The summed E-state index contributed by atoms with van der Waals surface area (Å²) in [6.45, 7) is 2.74. The van der Waals surface area contributed by atoms with E-state index in [2.05, 4.69) is 10.6 Å². The molecule has 0 aromatic heterocycles. The van der Waals surface area contributed by atoms with Gasteiger partial charge in [0.25, 0.3) is 5.91 Å². The van der Waals surface area contributed by atoms with Gasteiger partial charge in [0.05, 0.1) is 0 Å². The lowest BCUT2D eigenvalue weighted by molar-refractivity contribution is -0.131. The zero-order chi connectivity index (χ0) is 16.8. The number of hydrogen-bond acceptors (Lipinski definition) is 4. The molecule has 2 amide bonds. The zero-order valence-corrected chi connectivity index (χ0v) is 12.8. The molecule has 6 heteroatoms. The molecular formula is C17H16N2O4. The monoisotopic (exact) mass is 312 g/mol. The van der Waals surface area contributed by atoms with Gasteiger partial charge < -0.3 is 15.4 Å². The van der Waals surface area contributed by atoms with E-state index in [1.807, 2.05) is 0 Å². The summed E-state index contributed by atoms with van der Waals surface area (Å²) in [5, 5.41) is 5.39. The molecule has 0 spiro atoms. The maximum absolute atomic E-state index is 12.1. The number of ether oxygens (including phenoxy) is 1. The molecule has 0 saturated heterocycles. The minimum Gasteiger partial charge on any atom is -0.427 e. The standard InChI is InChI=1S/C17H16N2O4/c1-11(20)18-14-5-7-15(8-6-14)19-17(22)13-3-9-16(10-4-13)23-12(2)21/h3-10H,1-2H3,(H,18,20)(H,19,22). The quantitative estimate of drug-likeness (QED) is 0.671. The summed E-state index contributed by atoms with van der Waals surface area (Å²) in [4.78, 5) is 33.9. The van der Waals surface area contributed by atoms with Crippen LogP contribution in [-0.4, -0.2) is 17.8 Å². The van der Waals surface area contributed by atoms with E-state index in [4.69, 9.17) is 4.74 Å².